The Hall–Kier alpha value is -2.94. The summed E-state index contributed by atoms with van der Waals surface area (Å²) in [6.07, 6.45) is 0. The van der Waals surface area contributed by atoms with Crippen LogP contribution in [0, 0.1) is 11.3 Å². The van der Waals surface area contributed by atoms with Crippen LogP contribution in [0.25, 0.3) is 5.57 Å². The van der Waals surface area contributed by atoms with Crippen LogP contribution >= 0.6 is 11.6 Å². The van der Waals surface area contributed by atoms with E-state index in [-0.39, 0.29) is 10.2 Å². The number of quaternary nitrogens is 1. The number of hydrogen-bond acceptors (Lipinski definition) is 3. The molecule has 0 aromatic heterocycles. The van der Waals surface area contributed by atoms with Gasteiger partial charge in [0.05, 0.1) is 28.8 Å². The molecule has 0 saturated heterocycles. The number of hydrogen-bond donors (Lipinski definition) is 1. The number of carboxylic acids is 1. The number of benzene rings is 2. The summed E-state index contributed by atoms with van der Waals surface area (Å²) in [5.41, 5.74) is 5.15. The Morgan fingerprint density at radius 3 is 2.59 bits per heavy atom. The normalized spacial score (nSPS) is 19.0. The number of halogens is 1. The largest absolute Gasteiger partial charge is 0.478 e. The molecule has 1 atom stereocenters. The topological polar surface area (TPSA) is 73.4 Å². The van der Waals surface area contributed by atoms with Gasteiger partial charge in [-0.05, 0) is 30.7 Å². The van der Waals surface area contributed by atoms with Crippen molar-refractivity contribution in [2.75, 3.05) is 7.05 Å². The van der Waals surface area contributed by atoms with Gasteiger partial charge in [0.1, 0.15) is 24.0 Å². The van der Waals surface area contributed by atoms with Gasteiger partial charge in [-0.15, -0.1) is 0 Å². The Morgan fingerprint density at radius 2 is 1.96 bits per heavy atom. The first kappa shape index (κ1) is 18.8. The molecule has 0 fully saturated rings. The second-order valence-electron chi connectivity index (χ2n) is 6.71. The second-order valence-corrected chi connectivity index (χ2v) is 7.12. The monoisotopic (exact) mass is 380 g/mol. The molecule has 0 bridgehead atoms. The second kappa shape index (κ2) is 6.99. The smallest absolute Gasteiger partial charge is 0.336 e. The zero-order valence-corrected chi connectivity index (χ0v) is 16.1. The van der Waals surface area contributed by atoms with Crippen molar-refractivity contribution < 1.29 is 14.5 Å². The molecule has 0 amide bonds. The molecule has 2 aromatic carbocycles. The first-order chi connectivity index (χ1) is 12.8. The molecule has 5 nitrogen and oxygen atoms in total. The van der Waals surface area contributed by atoms with E-state index in [0.29, 0.717) is 17.1 Å². The molecule has 3 rings (SSSR count). The van der Waals surface area contributed by atoms with Gasteiger partial charge in [0, 0.05) is 12.5 Å². The van der Waals surface area contributed by atoms with Crippen molar-refractivity contribution in [1.82, 2.24) is 0 Å². The van der Waals surface area contributed by atoms with Crippen molar-refractivity contribution in [3.63, 3.8) is 0 Å². The molecule has 1 aliphatic rings. The third-order valence-electron chi connectivity index (χ3n) is 4.92. The van der Waals surface area contributed by atoms with E-state index in [0.717, 1.165) is 28.1 Å². The predicted octanol–water partition coefficient (Wildman–Crippen LogP) is 4.68. The Balaban J connectivity index is 2.05. The number of aromatic carboxylic acids is 1. The molecule has 1 N–H and O–H groups in total. The van der Waals surface area contributed by atoms with Gasteiger partial charge in [0.2, 0.25) is 0 Å². The van der Waals surface area contributed by atoms with Gasteiger partial charge in [0.25, 0.3) is 0 Å². The highest BCUT2D eigenvalue weighted by atomic mass is 35.5. The van der Waals surface area contributed by atoms with Crippen LogP contribution in [0.15, 0.2) is 53.3 Å². The van der Waals surface area contributed by atoms with Crippen LogP contribution in [0.1, 0.15) is 40.9 Å². The van der Waals surface area contributed by atoms with Crippen molar-refractivity contribution in [3.05, 3.63) is 75.4 Å². The summed E-state index contributed by atoms with van der Waals surface area (Å²) < 4.78 is 0.239. The van der Waals surface area contributed by atoms with Gasteiger partial charge >= 0.3 is 5.97 Å². The summed E-state index contributed by atoms with van der Waals surface area (Å²) in [6.45, 7) is 4.35. The molecule has 0 spiro atoms. The van der Waals surface area contributed by atoms with E-state index in [1.165, 1.54) is 0 Å². The molecule has 0 saturated carbocycles. The lowest BCUT2D eigenvalue weighted by atomic mass is 9.99. The third-order valence-corrected chi connectivity index (χ3v) is 5.23. The van der Waals surface area contributed by atoms with Crippen molar-refractivity contribution in [1.29, 1.82) is 5.26 Å². The van der Waals surface area contributed by atoms with E-state index in [2.05, 4.69) is 6.07 Å². The third kappa shape index (κ3) is 3.37. The van der Waals surface area contributed by atoms with E-state index in [4.69, 9.17) is 22.0 Å². The van der Waals surface area contributed by atoms with Crippen LogP contribution in [-0.2, 0) is 6.54 Å². The van der Waals surface area contributed by atoms with Crippen LogP contribution < -0.4 is 0 Å². The van der Waals surface area contributed by atoms with E-state index in [1.807, 2.05) is 39.1 Å². The number of nitrogens with zero attached hydrogens (tertiary/aromatic N) is 3. The highest BCUT2D eigenvalue weighted by Gasteiger charge is 2.37. The SMILES string of the molecule is CC1=N[N+](C)(Cc2ccccc2C(=O)O)C(C)=C1c1ccc(C#N)c(Cl)c1. The fourth-order valence-electron chi connectivity index (χ4n) is 3.49. The molecule has 1 aliphatic heterocycles. The van der Waals surface area contributed by atoms with Gasteiger partial charge in [0.15, 0.2) is 0 Å². The number of nitriles is 1. The maximum Gasteiger partial charge on any atom is 0.336 e. The van der Waals surface area contributed by atoms with Crippen molar-refractivity contribution >= 4 is 28.9 Å². The van der Waals surface area contributed by atoms with Crippen LogP contribution in [0.4, 0.5) is 0 Å². The average molecular weight is 381 g/mol. The number of allylic oxidation sites excluding steroid dienone is 2. The van der Waals surface area contributed by atoms with Gasteiger partial charge in [-0.1, -0.05) is 41.0 Å². The standard InChI is InChI=1S/C21H18ClN3O2/c1-13-20(15-8-9-16(11-23)19(22)10-15)14(2)25(3,24-13)12-17-6-4-5-7-18(17)21(26)27/h4-10H,12H2,1-3H3/p+1. The maximum atomic E-state index is 11.5. The summed E-state index contributed by atoms with van der Waals surface area (Å²) in [4.78, 5) is 11.5. The fraction of sp³-hybridized carbons (Fsp3) is 0.190. The number of rotatable bonds is 4. The maximum absolute atomic E-state index is 11.5. The Kier molecular flexibility index (Phi) is 4.88. The van der Waals surface area contributed by atoms with Crippen molar-refractivity contribution in [3.8, 4) is 6.07 Å². The fourth-order valence-corrected chi connectivity index (χ4v) is 3.71. The van der Waals surface area contributed by atoms with E-state index in [1.54, 1.807) is 24.3 Å². The predicted molar refractivity (Wildman–Crippen MR) is 105 cm³/mol. The molecule has 6 heteroatoms. The summed E-state index contributed by atoms with van der Waals surface area (Å²) in [7, 11) is 1.95. The van der Waals surface area contributed by atoms with Gasteiger partial charge in [-0.25, -0.2) is 4.79 Å². The molecular weight excluding hydrogens is 362 g/mol. The molecule has 27 heavy (non-hydrogen) atoms. The summed E-state index contributed by atoms with van der Waals surface area (Å²) in [5, 5.41) is 23.7. The Bertz CT molecular complexity index is 1050. The molecule has 2 aromatic rings. The number of carboxylic acid groups (broad SMARTS) is 1. The zero-order valence-electron chi connectivity index (χ0n) is 15.3. The van der Waals surface area contributed by atoms with E-state index >= 15 is 0 Å². The first-order valence-corrected chi connectivity index (χ1v) is 8.80. The summed E-state index contributed by atoms with van der Waals surface area (Å²) in [5.74, 6) is -0.946. The lowest BCUT2D eigenvalue weighted by molar-refractivity contribution is -0.889. The van der Waals surface area contributed by atoms with Gasteiger partial charge in [-0.2, -0.15) is 9.85 Å². The molecular formula is C21H19ClN3O2+. The highest BCUT2D eigenvalue weighted by Crippen LogP contribution is 2.37. The average Bonchev–Trinajstić information content (AvgIpc) is 2.83. The van der Waals surface area contributed by atoms with Crippen LogP contribution in [-0.4, -0.2) is 28.4 Å². The van der Waals surface area contributed by atoms with Gasteiger partial charge in [-0.3, -0.25) is 0 Å². The summed E-state index contributed by atoms with van der Waals surface area (Å²) >= 11 is 6.20. The van der Waals surface area contributed by atoms with Crippen molar-refractivity contribution in [2.45, 2.75) is 20.4 Å². The molecule has 0 radical (unpaired) electrons. The lowest BCUT2D eigenvalue weighted by Crippen LogP contribution is -2.34. The first-order valence-electron chi connectivity index (χ1n) is 8.42. The number of carbonyl (C=O) groups is 1. The zero-order chi connectivity index (χ0) is 19.8. The van der Waals surface area contributed by atoms with Gasteiger partial charge < -0.3 is 5.11 Å². The molecule has 1 unspecified atom stereocenters. The summed E-state index contributed by atoms with van der Waals surface area (Å²) in [6, 6.07) is 14.4. The lowest BCUT2D eigenvalue weighted by Gasteiger charge is -2.25. The van der Waals surface area contributed by atoms with Crippen LogP contribution in [0.3, 0.4) is 0 Å². The minimum Gasteiger partial charge on any atom is -0.478 e. The van der Waals surface area contributed by atoms with Crippen molar-refractivity contribution in [2.24, 2.45) is 5.10 Å². The minimum absolute atomic E-state index is 0.239. The molecule has 1 heterocycles. The Labute approximate surface area is 163 Å². The molecule has 136 valence electrons. The highest BCUT2D eigenvalue weighted by molar-refractivity contribution is 6.32. The van der Waals surface area contributed by atoms with E-state index in [9.17, 15) is 9.90 Å². The van der Waals surface area contributed by atoms with Crippen LogP contribution in [0.2, 0.25) is 5.02 Å². The molecule has 0 aliphatic carbocycles. The van der Waals surface area contributed by atoms with Crippen LogP contribution in [0.5, 0.6) is 0 Å². The van der Waals surface area contributed by atoms with E-state index < -0.39 is 5.97 Å². The quantitative estimate of drug-likeness (QED) is 0.783. The Morgan fingerprint density at radius 1 is 1.26 bits per heavy atom. The minimum atomic E-state index is -0.946.